The largest absolute Gasteiger partial charge is 0.461 e. The van der Waals surface area contributed by atoms with Crippen LogP contribution in [0.1, 0.15) is 180 Å². The van der Waals surface area contributed by atoms with E-state index in [0.29, 0.717) is 12.8 Å². The van der Waals surface area contributed by atoms with Gasteiger partial charge in [-0.1, -0.05) is 166 Å². The maximum absolute atomic E-state index is 12.9. The molecule has 0 radical (unpaired) electrons. The molecule has 0 heterocycles. The minimum atomic E-state index is -0.143. The van der Waals surface area contributed by atoms with Crippen LogP contribution in [0.15, 0.2) is 48.5 Å². The summed E-state index contributed by atoms with van der Waals surface area (Å²) in [5.41, 5.74) is 3.94. The van der Waals surface area contributed by atoms with Crippen LogP contribution in [-0.4, -0.2) is 61.0 Å². The van der Waals surface area contributed by atoms with Gasteiger partial charge in [-0.05, 0) is 100 Å². The highest BCUT2D eigenvalue weighted by Gasteiger charge is 2.14. The minimum Gasteiger partial charge on any atom is -0.461 e. The number of ether oxygens (including phenoxy) is 2. The van der Waals surface area contributed by atoms with Gasteiger partial charge in [-0.3, -0.25) is 9.59 Å². The summed E-state index contributed by atoms with van der Waals surface area (Å²) in [6.07, 6.45) is 25.7. The van der Waals surface area contributed by atoms with Gasteiger partial charge in [-0.15, -0.1) is 0 Å². The maximum atomic E-state index is 12.9. The van der Waals surface area contributed by atoms with Crippen molar-refractivity contribution in [1.82, 2.24) is 9.80 Å². The first-order valence-electron chi connectivity index (χ1n) is 22.4. The molecule has 6 heteroatoms. The highest BCUT2D eigenvalue weighted by molar-refractivity contribution is 5.73. The number of carbonyl (C=O) groups excluding carboxylic acids is 2. The van der Waals surface area contributed by atoms with E-state index in [1.54, 1.807) is 0 Å². The fourth-order valence-electron chi connectivity index (χ4n) is 7.25. The van der Waals surface area contributed by atoms with Crippen LogP contribution in [0.2, 0.25) is 0 Å². The Labute approximate surface area is 332 Å². The summed E-state index contributed by atoms with van der Waals surface area (Å²) in [6.45, 7) is 15.9. The monoisotopic (exact) mass is 749 g/mol. The van der Waals surface area contributed by atoms with Crippen molar-refractivity contribution in [2.75, 3.05) is 39.3 Å². The third-order valence-electron chi connectivity index (χ3n) is 10.6. The first kappa shape index (κ1) is 47.5. The number of rotatable bonds is 35. The summed E-state index contributed by atoms with van der Waals surface area (Å²) in [5, 5.41) is 0. The van der Waals surface area contributed by atoms with Gasteiger partial charge in [0.05, 0.1) is 0 Å². The van der Waals surface area contributed by atoms with Crippen molar-refractivity contribution in [2.24, 2.45) is 0 Å². The standard InChI is InChI=1S/C48H80N2O4/c1-5-9-13-15-17-25-37-49(35-23-11-7-3)39-27-33-47(51)53-41-43-29-19-21-31-45(43)46-32-22-20-30-44(46)42-54-48(52)34-28-40-50(36-24-12-8-4)38-26-18-16-14-10-6-2/h19-22,29-32H,5-18,23-28,33-42H2,1-4H3. The number of unbranched alkanes of at least 4 members (excludes halogenated alkanes) is 14. The molecule has 0 fully saturated rings. The molecule has 0 amide bonds. The summed E-state index contributed by atoms with van der Waals surface area (Å²) in [6, 6.07) is 16.2. The third kappa shape index (κ3) is 22.6. The van der Waals surface area contributed by atoms with E-state index in [9.17, 15) is 9.59 Å². The molecule has 0 aromatic heterocycles. The van der Waals surface area contributed by atoms with Crippen LogP contribution in [0.3, 0.4) is 0 Å². The first-order chi connectivity index (χ1) is 26.5. The minimum absolute atomic E-state index is 0.143. The van der Waals surface area contributed by atoms with Crippen LogP contribution in [-0.2, 0) is 32.3 Å². The lowest BCUT2D eigenvalue weighted by atomic mass is 9.96. The second kappa shape index (κ2) is 32.5. The number of benzene rings is 2. The zero-order valence-corrected chi connectivity index (χ0v) is 35.4. The third-order valence-corrected chi connectivity index (χ3v) is 10.6. The van der Waals surface area contributed by atoms with E-state index in [-0.39, 0.29) is 25.2 Å². The molecule has 0 N–H and O–H groups in total. The predicted molar refractivity (Wildman–Crippen MR) is 229 cm³/mol. The number of carbonyl (C=O) groups is 2. The summed E-state index contributed by atoms with van der Waals surface area (Å²) in [5.74, 6) is -0.285. The van der Waals surface area contributed by atoms with E-state index >= 15 is 0 Å². The van der Waals surface area contributed by atoms with Crippen LogP contribution < -0.4 is 0 Å². The van der Waals surface area contributed by atoms with Crippen molar-refractivity contribution in [3.63, 3.8) is 0 Å². The van der Waals surface area contributed by atoms with Gasteiger partial charge < -0.3 is 19.3 Å². The number of esters is 2. The molecule has 0 spiro atoms. The van der Waals surface area contributed by atoms with Crippen LogP contribution in [0.5, 0.6) is 0 Å². The summed E-state index contributed by atoms with van der Waals surface area (Å²) in [7, 11) is 0. The van der Waals surface area contributed by atoms with Gasteiger partial charge in [0, 0.05) is 12.8 Å². The molecule has 0 aliphatic heterocycles. The quantitative estimate of drug-likeness (QED) is 0.0517. The number of nitrogens with zero attached hydrogens (tertiary/aromatic N) is 2. The molecule has 0 bridgehead atoms. The molecule has 306 valence electrons. The molecular weight excluding hydrogens is 669 g/mol. The normalized spacial score (nSPS) is 11.4. The topological polar surface area (TPSA) is 59.1 Å². The lowest BCUT2D eigenvalue weighted by Gasteiger charge is -2.22. The highest BCUT2D eigenvalue weighted by atomic mass is 16.5. The van der Waals surface area contributed by atoms with Crippen molar-refractivity contribution in [2.45, 2.75) is 182 Å². The molecular formula is C48H80N2O4. The van der Waals surface area contributed by atoms with Crippen molar-refractivity contribution in [3.8, 4) is 11.1 Å². The molecule has 0 aliphatic carbocycles. The van der Waals surface area contributed by atoms with Crippen molar-refractivity contribution in [3.05, 3.63) is 59.7 Å². The Hall–Kier alpha value is -2.70. The number of hydrogen-bond acceptors (Lipinski definition) is 6. The Morgan fingerprint density at radius 3 is 1.09 bits per heavy atom. The molecule has 2 aromatic rings. The molecule has 54 heavy (non-hydrogen) atoms. The SMILES string of the molecule is CCCCCCCCN(CCCCC)CCCC(=O)OCc1ccccc1-c1ccccc1COC(=O)CCCN(CCCCC)CCCCCCCC. The van der Waals surface area contributed by atoms with Gasteiger partial charge in [0.25, 0.3) is 0 Å². The van der Waals surface area contributed by atoms with E-state index in [4.69, 9.17) is 9.47 Å². The lowest BCUT2D eigenvalue weighted by molar-refractivity contribution is -0.146. The van der Waals surface area contributed by atoms with Gasteiger partial charge in [0.15, 0.2) is 0 Å². The Bertz CT molecular complexity index is 1120. The van der Waals surface area contributed by atoms with Crippen LogP contribution in [0.4, 0.5) is 0 Å². The Morgan fingerprint density at radius 2 is 0.704 bits per heavy atom. The van der Waals surface area contributed by atoms with E-state index in [1.807, 2.05) is 36.4 Å². The molecule has 2 aromatic carbocycles. The van der Waals surface area contributed by atoms with Crippen LogP contribution in [0.25, 0.3) is 11.1 Å². The average Bonchev–Trinajstić information content (AvgIpc) is 3.18. The second-order valence-corrected chi connectivity index (χ2v) is 15.5. The smallest absolute Gasteiger partial charge is 0.306 e. The Kier molecular flexibility index (Phi) is 28.6. The molecule has 0 atom stereocenters. The predicted octanol–water partition coefficient (Wildman–Crippen LogP) is 12.7. The van der Waals surface area contributed by atoms with Crippen molar-refractivity contribution < 1.29 is 19.1 Å². The average molecular weight is 749 g/mol. The molecule has 6 nitrogen and oxygen atoms in total. The van der Waals surface area contributed by atoms with Gasteiger partial charge >= 0.3 is 11.9 Å². The highest BCUT2D eigenvalue weighted by Crippen LogP contribution is 2.28. The van der Waals surface area contributed by atoms with Gasteiger partial charge in [-0.25, -0.2) is 0 Å². The fraction of sp³-hybridized carbons (Fsp3) is 0.708. The van der Waals surface area contributed by atoms with Crippen LogP contribution in [0, 0.1) is 0 Å². The second-order valence-electron chi connectivity index (χ2n) is 15.5. The van der Waals surface area contributed by atoms with Gasteiger partial charge in [0.2, 0.25) is 0 Å². The van der Waals surface area contributed by atoms with E-state index < -0.39 is 0 Å². The maximum Gasteiger partial charge on any atom is 0.306 e. The Balaban J connectivity index is 1.85. The van der Waals surface area contributed by atoms with Gasteiger partial charge in [0.1, 0.15) is 13.2 Å². The Morgan fingerprint density at radius 1 is 0.407 bits per heavy atom. The zero-order valence-electron chi connectivity index (χ0n) is 35.4. The fourth-order valence-corrected chi connectivity index (χ4v) is 7.25. The molecule has 0 saturated heterocycles. The zero-order chi connectivity index (χ0) is 38.9. The van der Waals surface area contributed by atoms with E-state index in [0.717, 1.165) is 74.4 Å². The van der Waals surface area contributed by atoms with E-state index in [1.165, 1.54) is 116 Å². The number of hydrogen-bond donors (Lipinski definition) is 0. The molecule has 0 unspecified atom stereocenters. The molecule has 2 rings (SSSR count). The van der Waals surface area contributed by atoms with Crippen molar-refractivity contribution >= 4 is 11.9 Å². The molecule has 0 aliphatic rings. The van der Waals surface area contributed by atoms with Crippen LogP contribution >= 0.6 is 0 Å². The van der Waals surface area contributed by atoms with Gasteiger partial charge in [-0.2, -0.15) is 0 Å². The first-order valence-corrected chi connectivity index (χ1v) is 22.4. The summed E-state index contributed by atoms with van der Waals surface area (Å²) >= 11 is 0. The van der Waals surface area contributed by atoms with Crippen molar-refractivity contribution in [1.29, 1.82) is 0 Å². The lowest BCUT2D eigenvalue weighted by Crippen LogP contribution is -2.28. The summed E-state index contributed by atoms with van der Waals surface area (Å²) in [4.78, 5) is 30.9. The van der Waals surface area contributed by atoms with E-state index in [2.05, 4.69) is 49.6 Å². The summed E-state index contributed by atoms with van der Waals surface area (Å²) < 4.78 is 11.7. The molecule has 0 saturated carbocycles.